The summed E-state index contributed by atoms with van der Waals surface area (Å²) < 4.78 is 27.3. The third-order valence-corrected chi connectivity index (χ3v) is 5.99. The molecular weight excluding hydrogens is 409 g/mol. The molecule has 2 aromatic carbocycles. The van der Waals surface area contributed by atoms with Gasteiger partial charge in [-0.15, -0.1) is 0 Å². The van der Waals surface area contributed by atoms with Crippen molar-refractivity contribution >= 4 is 44.8 Å². The average Bonchev–Trinajstić information content (AvgIpc) is 2.60. The highest BCUT2D eigenvalue weighted by Crippen LogP contribution is 2.32. The number of likely N-dealkylation sites (N-methyl/N-ethyl adjacent to an activating group) is 1. The largest absolute Gasteiger partial charge is 0.353 e. The van der Waals surface area contributed by atoms with Crippen LogP contribution in [0.25, 0.3) is 0 Å². The van der Waals surface area contributed by atoms with Crippen molar-refractivity contribution in [1.29, 1.82) is 0 Å². The molecule has 146 valence electrons. The highest BCUT2D eigenvalue weighted by Gasteiger charge is 2.28. The summed E-state index contributed by atoms with van der Waals surface area (Å²) in [4.78, 5) is 14.3. The van der Waals surface area contributed by atoms with Crippen LogP contribution in [-0.4, -0.2) is 53.0 Å². The number of hydrogen-bond donors (Lipinski definition) is 1. The Hall–Kier alpha value is -1.80. The maximum atomic E-state index is 13.1. The van der Waals surface area contributed by atoms with E-state index in [4.69, 9.17) is 23.2 Å². The van der Waals surface area contributed by atoms with Crippen molar-refractivity contribution in [2.45, 2.75) is 4.90 Å². The number of benzene rings is 2. The number of amides is 1. The molecule has 2 rings (SSSR count). The van der Waals surface area contributed by atoms with Crippen molar-refractivity contribution < 1.29 is 13.2 Å². The van der Waals surface area contributed by atoms with Gasteiger partial charge in [0.25, 0.3) is 10.0 Å². The second-order valence-corrected chi connectivity index (χ2v) is 8.78. The molecule has 1 amide bonds. The van der Waals surface area contributed by atoms with Crippen molar-refractivity contribution in [2.75, 3.05) is 38.0 Å². The molecule has 9 heteroatoms. The standard InChI is InChI=1S/C18H21Cl2N3O3S/c1-22(2)11-10-21-18(24)13-23(17-9-8-14(19)12-16(17)20)27(25,26)15-6-4-3-5-7-15/h3-9,12H,10-11,13H2,1-2H3,(H,21,24). The predicted molar refractivity (Wildman–Crippen MR) is 109 cm³/mol. The number of nitrogens with one attached hydrogen (secondary N) is 1. The summed E-state index contributed by atoms with van der Waals surface area (Å²) in [6.45, 7) is 0.643. The van der Waals surface area contributed by atoms with Gasteiger partial charge in [-0.3, -0.25) is 9.10 Å². The van der Waals surface area contributed by atoms with E-state index in [1.165, 1.54) is 30.3 Å². The molecule has 2 aromatic rings. The molecule has 27 heavy (non-hydrogen) atoms. The highest BCUT2D eigenvalue weighted by atomic mass is 35.5. The van der Waals surface area contributed by atoms with Crippen molar-refractivity contribution in [1.82, 2.24) is 10.2 Å². The van der Waals surface area contributed by atoms with Crippen LogP contribution >= 0.6 is 23.2 Å². The Kier molecular flexibility index (Phi) is 7.49. The van der Waals surface area contributed by atoms with Crippen LogP contribution < -0.4 is 9.62 Å². The molecule has 0 heterocycles. The molecule has 0 bridgehead atoms. The van der Waals surface area contributed by atoms with Crippen LogP contribution in [-0.2, 0) is 14.8 Å². The summed E-state index contributed by atoms with van der Waals surface area (Å²) in [6.07, 6.45) is 0. The number of sulfonamides is 1. The van der Waals surface area contributed by atoms with Gasteiger partial charge in [-0.05, 0) is 44.4 Å². The number of anilines is 1. The molecule has 0 saturated heterocycles. The molecule has 0 aliphatic rings. The molecule has 0 spiro atoms. The topological polar surface area (TPSA) is 69.7 Å². The van der Waals surface area contributed by atoms with Gasteiger partial charge in [0.1, 0.15) is 6.54 Å². The molecule has 0 fully saturated rings. The van der Waals surface area contributed by atoms with Crippen LogP contribution in [0.4, 0.5) is 5.69 Å². The van der Waals surface area contributed by atoms with E-state index < -0.39 is 22.5 Å². The zero-order valence-electron chi connectivity index (χ0n) is 15.0. The second-order valence-electron chi connectivity index (χ2n) is 6.07. The number of halogens is 2. The van der Waals surface area contributed by atoms with Gasteiger partial charge in [-0.25, -0.2) is 8.42 Å². The maximum Gasteiger partial charge on any atom is 0.264 e. The fourth-order valence-corrected chi connectivity index (χ4v) is 4.33. The van der Waals surface area contributed by atoms with Crippen LogP contribution in [0.5, 0.6) is 0 Å². The minimum absolute atomic E-state index is 0.0668. The van der Waals surface area contributed by atoms with E-state index in [2.05, 4.69) is 5.32 Å². The minimum atomic E-state index is -3.99. The summed E-state index contributed by atoms with van der Waals surface area (Å²) >= 11 is 12.1. The van der Waals surface area contributed by atoms with Gasteiger partial charge in [-0.1, -0.05) is 41.4 Å². The molecule has 0 saturated carbocycles. The zero-order chi connectivity index (χ0) is 20.0. The van der Waals surface area contributed by atoms with Crippen LogP contribution in [0.2, 0.25) is 10.0 Å². The number of hydrogen-bond acceptors (Lipinski definition) is 4. The Morgan fingerprint density at radius 1 is 1.07 bits per heavy atom. The van der Waals surface area contributed by atoms with E-state index in [9.17, 15) is 13.2 Å². The first-order valence-electron chi connectivity index (χ1n) is 8.16. The second kappa shape index (κ2) is 9.41. The minimum Gasteiger partial charge on any atom is -0.353 e. The Morgan fingerprint density at radius 2 is 1.74 bits per heavy atom. The van der Waals surface area contributed by atoms with Crippen molar-refractivity contribution in [2.24, 2.45) is 0 Å². The van der Waals surface area contributed by atoms with Crippen molar-refractivity contribution in [3.63, 3.8) is 0 Å². The van der Waals surface area contributed by atoms with E-state index in [-0.39, 0.29) is 15.6 Å². The fourth-order valence-electron chi connectivity index (χ4n) is 2.31. The SMILES string of the molecule is CN(C)CCNC(=O)CN(c1ccc(Cl)cc1Cl)S(=O)(=O)c1ccccc1. The monoisotopic (exact) mass is 429 g/mol. The number of rotatable bonds is 8. The first kappa shape index (κ1) is 21.5. The molecule has 0 aromatic heterocycles. The van der Waals surface area contributed by atoms with Gasteiger partial charge >= 0.3 is 0 Å². The van der Waals surface area contributed by atoms with E-state index >= 15 is 0 Å². The number of carbonyl (C=O) groups is 1. The van der Waals surface area contributed by atoms with Gasteiger partial charge < -0.3 is 10.2 Å². The molecule has 0 radical (unpaired) electrons. The van der Waals surface area contributed by atoms with E-state index in [0.29, 0.717) is 18.1 Å². The molecule has 1 N–H and O–H groups in total. The first-order chi connectivity index (χ1) is 12.7. The lowest BCUT2D eigenvalue weighted by atomic mass is 10.3. The van der Waals surface area contributed by atoms with Gasteiger partial charge in [0.2, 0.25) is 5.91 Å². The van der Waals surface area contributed by atoms with Gasteiger partial charge in [-0.2, -0.15) is 0 Å². The lowest BCUT2D eigenvalue weighted by Crippen LogP contribution is -2.42. The molecule has 0 atom stereocenters. The predicted octanol–water partition coefficient (Wildman–Crippen LogP) is 2.87. The zero-order valence-corrected chi connectivity index (χ0v) is 17.4. The average molecular weight is 430 g/mol. The van der Waals surface area contributed by atoms with Crippen LogP contribution in [0, 0.1) is 0 Å². The van der Waals surface area contributed by atoms with E-state index in [1.807, 2.05) is 19.0 Å². The summed E-state index contributed by atoms with van der Waals surface area (Å²) in [5.74, 6) is -0.428. The van der Waals surface area contributed by atoms with Crippen LogP contribution in [0.3, 0.4) is 0 Å². The Bertz CT molecular complexity index is 890. The normalized spacial score (nSPS) is 11.4. The van der Waals surface area contributed by atoms with Crippen molar-refractivity contribution in [3.05, 3.63) is 58.6 Å². The fraction of sp³-hybridized carbons (Fsp3) is 0.278. The summed E-state index contributed by atoms with van der Waals surface area (Å²) in [5.41, 5.74) is 0.188. The Labute approximate surface area is 169 Å². The molecule has 0 aliphatic heterocycles. The highest BCUT2D eigenvalue weighted by molar-refractivity contribution is 7.92. The third kappa shape index (κ3) is 5.84. The molecule has 0 unspecified atom stereocenters. The van der Waals surface area contributed by atoms with Crippen LogP contribution in [0.15, 0.2) is 53.4 Å². The molecule has 6 nitrogen and oxygen atoms in total. The van der Waals surface area contributed by atoms with Gasteiger partial charge in [0, 0.05) is 18.1 Å². The number of carbonyl (C=O) groups excluding carboxylic acids is 1. The number of nitrogens with zero attached hydrogens (tertiary/aromatic N) is 2. The maximum absolute atomic E-state index is 13.1. The summed E-state index contributed by atoms with van der Waals surface area (Å²) in [7, 11) is -0.230. The third-order valence-electron chi connectivity index (χ3n) is 3.68. The lowest BCUT2D eigenvalue weighted by molar-refractivity contribution is -0.119. The smallest absolute Gasteiger partial charge is 0.264 e. The quantitative estimate of drug-likeness (QED) is 0.700. The lowest BCUT2D eigenvalue weighted by Gasteiger charge is -2.25. The van der Waals surface area contributed by atoms with Gasteiger partial charge in [0.15, 0.2) is 0 Å². The van der Waals surface area contributed by atoms with Crippen molar-refractivity contribution in [3.8, 4) is 0 Å². The summed E-state index contributed by atoms with van der Waals surface area (Å²) in [5, 5.41) is 3.23. The van der Waals surface area contributed by atoms with Gasteiger partial charge in [0.05, 0.1) is 15.6 Å². The Morgan fingerprint density at radius 3 is 2.33 bits per heavy atom. The first-order valence-corrected chi connectivity index (χ1v) is 10.4. The summed E-state index contributed by atoms with van der Waals surface area (Å²) in [6, 6.07) is 12.3. The molecular formula is C18H21Cl2N3O3S. The molecule has 0 aliphatic carbocycles. The van der Waals surface area contributed by atoms with E-state index in [1.54, 1.807) is 18.2 Å². The van der Waals surface area contributed by atoms with E-state index in [0.717, 1.165) is 4.31 Å². The Balaban J connectivity index is 2.36. The van der Waals surface area contributed by atoms with Crippen LogP contribution in [0.1, 0.15) is 0 Å².